The Kier molecular flexibility index (Phi) is 3.79. The summed E-state index contributed by atoms with van der Waals surface area (Å²) >= 11 is 0. The predicted octanol–water partition coefficient (Wildman–Crippen LogP) is 2.89. The quantitative estimate of drug-likeness (QED) is 0.588. The van der Waals surface area contributed by atoms with E-state index in [9.17, 15) is 0 Å². The van der Waals surface area contributed by atoms with Crippen LogP contribution in [0.4, 0.5) is 0 Å². The van der Waals surface area contributed by atoms with Crippen molar-refractivity contribution in [3.8, 4) is 6.07 Å². The third kappa shape index (κ3) is 2.65. The minimum absolute atomic E-state index is 0.0805. The molecule has 0 heterocycles. The van der Waals surface area contributed by atoms with Gasteiger partial charge in [0, 0.05) is 5.71 Å². The van der Waals surface area contributed by atoms with Gasteiger partial charge in [-0.2, -0.15) is 5.26 Å². The van der Waals surface area contributed by atoms with Gasteiger partial charge in [-0.15, -0.1) is 0 Å². The highest BCUT2D eigenvalue weighted by Crippen LogP contribution is 2.18. The molecule has 1 unspecified atom stereocenters. The van der Waals surface area contributed by atoms with Crippen molar-refractivity contribution in [1.29, 1.82) is 10.7 Å². The molecule has 0 spiro atoms. The Balaban J connectivity index is 2.48. The van der Waals surface area contributed by atoms with Gasteiger partial charge >= 0.3 is 0 Å². The van der Waals surface area contributed by atoms with Crippen LogP contribution in [0.3, 0.4) is 0 Å². The van der Waals surface area contributed by atoms with Gasteiger partial charge in [-0.25, -0.2) is 0 Å². The fourth-order valence-corrected chi connectivity index (χ4v) is 1.69. The van der Waals surface area contributed by atoms with Crippen LogP contribution < -0.4 is 0 Å². The molecule has 0 saturated heterocycles. The summed E-state index contributed by atoms with van der Waals surface area (Å²) in [7, 11) is 0. The minimum atomic E-state index is -0.0805. The van der Waals surface area contributed by atoms with Gasteiger partial charge in [0.15, 0.2) is 0 Å². The van der Waals surface area contributed by atoms with E-state index in [2.05, 4.69) is 6.07 Å². The van der Waals surface area contributed by atoms with E-state index in [-0.39, 0.29) is 5.92 Å². The van der Waals surface area contributed by atoms with Crippen molar-refractivity contribution in [3.63, 3.8) is 0 Å². The van der Waals surface area contributed by atoms with Gasteiger partial charge in [-0.05, 0) is 19.3 Å². The van der Waals surface area contributed by atoms with Gasteiger partial charge in [-0.1, -0.05) is 25.7 Å². The SMILES string of the molecule is N#CC1CCCCCCCC1=N. The first-order chi connectivity index (χ1) is 5.84. The Morgan fingerprint density at radius 3 is 2.58 bits per heavy atom. The Morgan fingerprint density at radius 2 is 1.83 bits per heavy atom. The van der Waals surface area contributed by atoms with E-state index < -0.39 is 0 Å². The molecule has 1 atom stereocenters. The van der Waals surface area contributed by atoms with E-state index in [1.54, 1.807) is 0 Å². The van der Waals surface area contributed by atoms with E-state index in [0.717, 1.165) is 25.7 Å². The average molecular weight is 164 g/mol. The topological polar surface area (TPSA) is 47.6 Å². The van der Waals surface area contributed by atoms with Crippen LogP contribution in [0.1, 0.15) is 44.9 Å². The average Bonchev–Trinajstić information content (AvgIpc) is 2.17. The zero-order valence-electron chi connectivity index (χ0n) is 7.47. The number of hydrogen-bond donors (Lipinski definition) is 1. The summed E-state index contributed by atoms with van der Waals surface area (Å²) in [6.45, 7) is 0. The van der Waals surface area contributed by atoms with Gasteiger partial charge in [0.1, 0.15) is 0 Å². The van der Waals surface area contributed by atoms with E-state index in [1.807, 2.05) is 0 Å². The fourth-order valence-electron chi connectivity index (χ4n) is 1.69. The smallest absolute Gasteiger partial charge is 0.0838 e. The number of nitrogens with one attached hydrogen (secondary N) is 1. The van der Waals surface area contributed by atoms with Crippen LogP contribution in [-0.2, 0) is 0 Å². The molecule has 0 radical (unpaired) electrons. The lowest BCUT2D eigenvalue weighted by atomic mass is 9.96. The fraction of sp³-hybridized carbons (Fsp3) is 0.800. The molecule has 2 nitrogen and oxygen atoms in total. The van der Waals surface area contributed by atoms with Crippen molar-refractivity contribution in [2.24, 2.45) is 5.92 Å². The zero-order chi connectivity index (χ0) is 8.81. The van der Waals surface area contributed by atoms with Crippen molar-refractivity contribution < 1.29 is 0 Å². The van der Waals surface area contributed by atoms with E-state index >= 15 is 0 Å². The molecular formula is C10H16N2. The summed E-state index contributed by atoms with van der Waals surface area (Å²) in [5.74, 6) is -0.0805. The van der Waals surface area contributed by atoms with Gasteiger partial charge in [-0.3, -0.25) is 0 Å². The van der Waals surface area contributed by atoms with Gasteiger partial charge in [0.25, 0.3) is 0 Å². The number of nitriles is 1. The second-order valence-corrected chi connectivity index (χ2v) is 3.51. The highest BCUT2D eigenvalue weighted by molar-refractivity contribution is 5.85. The lowest BCUT2D eigenvalue weighted by Crippen LogP contribution is -2.10. The molecule has 0 aliphatic heterocycles. The van der Waals surface area contributed by atoms with Crippen LogP contribution in [0, 0.1) is 22.7 Å². The minimum Gasteiger partial charge on any atom is -0.308 e. The van der Waals surface area contributed by atoms with E-state index in [4.69, 9.17) is 10.7 Å². The van der Waals surface area contributed by atoms with Gasteiger partial charge in [0.2, 0.25) is 0 Å². The molecule has 1 aliphatic rings. The van der Waals surface area contributed by atoms with E-state index in [1.165, 1.54) is 19.3 Å². The number of hydrogen-bond acceptors (Lipinski definition) is 2. The molecule has 0 bridgehead atoms. The van der Waals surface area contributed by atoms with Crippen LogP contribution in [-0.4, -0.2) is 5.71 Å². The highest BCUT2D eigenvalue weighted by atomic mass is 14.5. The Labute approximate surface area is 74.1 Å². The molecule has 0 amide bonds. The molecule has 12 heavy (non-hydrogen) atoms. The molecular weight excluding hydrogens is 148 g/mol. The second-order valence-electron chi connectivity index (χ2n) is 3.51. The summed E-state index contributed by atoms with van der Waals surface area (Å²) in [5.41, 5.74) is 0.666. The molecule has 1 N–H and O–H groups in total. The Hall–Kier alpha value is -0.840. The third-order valence-electron chi connectivity index (χ3n) is 2.52. The first-order valence-corrected chi connectivity index (χ1v) is 4.81. The van der Waals surface area contributed by atoms with Gasteiger partial charge < -0.3 is 5.41 Å². The predicted molar refractivity (Wildman–Crippen MR) is 49.1 cm³/mol. The lowest BCUT2D eigenvalue weighted by molar-refractivity contribution is 0.605. The Bertz CT molecular complexity index is 191. The number of rotatable bonds is 0. The largest absolute Gasteiger partial charge is 0.308 e. The molecule has 0 aromatic heterocycles. The molecule has 1 saturated carbocycles. The summed E-state index contributed by atoms with van der Waals surface area (Å²) < 4.78 is 0. The van der Waals surface area contributed by atoms with Crippen LogP contribution in [0.25, 0.3) is 0 Å². The summed E-state index contributed by atoms with van der Waals surface area (Å²) in [5, 5.41) is 16.4. The molecule has 2 heteroatoms. The zero-order valence-corrected chi connectivity index (χ0v) is 7.47. The normalized spacial score (nSPS) is 26.6. The standard InChI is InChI=1S/C10H16N2/c11-8-9-6-4-2-1-3-5-7-10(9)12/h9,12H,1-7H2. The van der Waals surface area contributed by atoms with Crippen LogP contribution in [0.15, 0.2) is 0 Å². The van der Waals surface area contributed by atoms with Crippen molar-refractivity contribution in [1.82, 2.24) is 0 Å². The van der Waals surface area contributed by atoms with Crippen LogP contribution in [0.5, 0.6) is 0 Å². The maximum atomic E-state index is 8.78. The van der Waals surface area contributed by atoms with Crippen molar-refractivity contribution in [2.75, 3.05) is 0 Å². The first-order valence-electron chi connectivity index (χ1n) is 4.81. The van der Waals surface area contributed by atoms with Crippen LogP contribution in [0.2, 0.25) is 0 Å². The van der Waals surface area contributed by atoms with Gasteiger partial charge in [0.05, 0.1) is 12.0 Å². The third-order valence-corrected chi connectivity index (χ3v) is 2.52. The second kappa shape index (κ2) is 4.92. The summed E-state index contributed by atoms with van der Waals surface area (Å²) in [6.07, 6.45) is 7.75. The van der Waals surface area contributed by atoms with E-state index in [0.29, 0.717) is 5.71 Å². The Morgan fingerprint density at radius 1 is 1.17 bits per heavy atom. The lowest BCUT2D eigenvalue weighted by Gasteiger charge is -2.07. The number of nitrogens with zero attached hydrogens (tertiary/aromatic N) is 1. The molecule has 0 aromatic rings. The molecule has 1 aliphatic carbocycles. The van der Waals surface area contributed by atoms with Crippen molar-refractivity contribution in [2.45, 2.75) is 44.9 Å². The maximum Gasteiger partial charge on any atom is 0.0838 e. The molecule has 1 rings (SSSR count). The van der Waals surface area contributed by atoms with Crippen molar-refractivity contribution in [3.05, 3.63) is 0 Å². The molecule has 0 aromatic carbocycles. The monoisotopic (exact) mass is 164 g/mol. The highest BCUT2D eigenvalue weighted by Gasteiger charge is 2.14. The summed E-state index contributed by atoms with van der Waals surface area (Å²) in [6, 6.07) is 2.22. The molecule has 1 fully saturated rings. The van der Waals surface area contributed by atoms with Crippen LogP contribution >= 0.6 is 0 Å². The first kappa shape index (κ1) is 9.25. The van der Waals surface area contributed by atoms with Crippen molar-refractivity contribution >= 4 is 5.71 Å². The molecule has 66 valence electrons. The summed E-state index contributed by atoms with van der Waals surface area (Å²) in [4.78, 5) is 0. The maximum absolute atomic E-state index is 8.78.